The molecule has 0 fully saturated rings. The van der Waals surface area contributed by atoms with Crippen molar-refractivity contribution in [3.8, 4) is 0 Å². The summed E-state index contributed by atoms with van der Waals surface area (Å²) in [4.78, 5) is 12.2. The predicted octanol–water partition coefficient (Wildman–Crippen LogP) is 4.59. The molecule has 9 heteroatoms. The van der Waals surface area contributed by atoms with Crippen LogP contribution in [0.15, 0.2) is 59.6 Å². The first-order valence-electron chi connectivity index (χ1n) is 8.47. The second-order valence-electron chi connectivity index (χ2n) is 6.17. The molecule has 0 bridgehead atoms. The van der Waals surface area contributed by atoms with Gasteiger partial charge in [0.15, 0.2) is 0 Å². The molecule has 0 aliphatic heterocycles. The zero-order valence-corrected chi connectivity index (χ0v) is 17.8. The highest BCUT2D eigenvalue weighted by atomic mass is 35.5. The number of nitrogens with one attached hydrogen (secondary N) is 3. The number of carbonyl (C=O) groups excluding carboxylic acids is 1. The van der Waals surface area contributed by atoms with Crippen molar-refractivity contribution >= 4 is 44.8 Å². The van der Waals surface area contributed by atoms with Crippen LogP contribution in [0.4, 0.5) is 5.69 Å². The Kier molecular flexibility index (Phi) is 7.35. The third-order valence-corrected chi connectivity index (χ3v) is 6.05. The summed E-state index contributed by atoms with van der Waals surface area (Å²) in [5.41, 5.74) is 6.25. The van der Waals surface area contributed by atoms with E-state index >= 15 is 0 Å². The van der Waals surface area contributed by atoms with E-state index in [-0.39, 0.29) is 27.1 Å². The van der Waals surface area contributed by atoms with Gasteiger partial charge >= 0.3 is 0 Å². The average molecular weight is 442 g/mol. The number of anilines is 1. The molecule has 0 spiro atoms. The average Bonchev–Trinajstić information content (AvgIpc) is 2.67. The van der Waals surface area contributed by atoms with Crippen LogP contribution in [0.1, 0.15) is 30.6 Å². The Hall–Kier alpha value is -2.22. The minimum Gasteiger partial charge on any atom is -0.303 e. The largest absolute Gasteiger partial charge is 0.303 e. The molecule has 0 aliphatic carbocycles. The normalized spacial score (nSPS) is 12.1. The topological polar surface area (TPSA) is 87.3 Å². The van der Waals surface area contributed by atoms with E-state index in [1.807, 2.05) is 13.8 Å². The number of amides is 1. The number of allylic oxidation sites excluding steroid dienone is 1. The third-order valence-electron chi connectivity index (χ3n) is 4.12. The highest BCUT2D eigenvalue weighted by molar-refractivity contribution is 7.92. The van der Waals surface area contributed by atoms with Crippen LogP contribution >= 0.6 is 23.2 Å². The van der Waals surface area contributed by atoms with Crippen molar-refractivity contribution in [2.45, 2.75) is 25.2 Å². The number of sulfonamides is 1. The highest BCUT2D eigenvalue weighted by Gasteiger charge is 2.18. The molecule has 0 unspecified atom stereocenters. The van der Waals surface area contributed by atoms with Crippen molar-refractivity contribution in [2.75, 3.05) is 4.72 Å². The number of hydrogen-bond donors (Lipinski definition) is 3. The Morgan fingerprint density at radius 3 is 2.54 bits per heavy atom. The maximum absolute atomic E-state index is 12.7. The Balaban J connectivity index is 2.18. The van der Waals surface area contributed by atoms with E-state index in [1.54, 1.807) is 6.07 Å². The first-order valence-corrected chi connectivity index (χ1v) is 10.7. The van der Waals surface area contributed by atoms with E-state index in [1.165, 1.54) is 36.4 Å². The van der Waals surface area contributed by atoms with E-state index in [0.717, 1.165) is 6.42 Å². The van der Waals surface area contributed by atoms with E-state index < -0.39 is 15.9 Å². The van der Waals surface area contributed by atoms with Crippen molar-refractivity contribution in [1.82, 2.24) is 10.9 Å². The van der Waals surface area contributed by atoms with Gasteiger partial charge in [0, 0.05) is 16.3 Å². The van der Waals surface area contributed by atoms with Gasteiger partial charge in [-0.2, -0.15) is 0 Å². The molecule has 1 atom stereocenters. The number of hydrazine groups is 1. The maximum atomic E-state index is 12.7. The predicted molar refractivity (Wildman–Crippen MR) is 113 cm³/mol. The zero-order valence-electron chi connectivity index (χ0n) is 15.4. The summed E-state index contributed by atoms with van der Waals surface area (Å²) in [7, 11) is -3.97. The Morgan fingerprint density at radius 1 is 1.14 bits per heavy atom. The summed E-state index contributed by atoms with van der Waals surface area (Å²) >= 11 is 11.9. The minimum atomic E-state index is -3.97. The molecule has 6 nitrogen and oxygen atoms in total. The molecule has 1 amide bonds. The molecular weight excluding hydrogens is 421 g/mol. The molecule has 0 aromatic heterocycles. The summed E-state index contributed by atoms with van der Waals surface area (Å²) in [5.74, 6) is -0.305. The summed E-state index contributed by atoms with van der Waals surface area (Å²) in [6.07, 6.45) is 0.868. The molecular formula is C19H21Cl2N3O3S. The van der Waals surface area contributed by atoms with Gasteiger partial charge in [0.25, 0.3) is 15.9 Å². The van der Waals surface area contributed by atoms with Crippen LogP contribution < -0.4 is 15.6 Å². The first kappa shape index (κ1) is 22.1. The number of hydrogen-bond acceptors (Lipinski definition) is 4. The van der Waals surface area contributed by atoms with Gasteiger partial charge in [-0.3, -0.25) is 14.9 Å². The van der Waals surface area contributed by atoms with Crippen LogP contribution in [0.3, 0.4) is 0 Å². The van der Waals surface area contributed by atoms with Crippen LogP contribution in [0.5, 0.6) is 0 Å². The van der Waals surface area contributed by atoms with Crippen molar-refractivity contribution < 1.29 is 13.2 Å². The van der Waals surface area contributed by atoms with Gasteiger partial charge in [0.2, 0.25) is 0 Å². The van der Waals surface area contributed by atoms with Gasteiger partial charge in [-0.15, -0.1) is 0 Å². The Bertz CT molecular complexity index is 994. The standard InChI is InChI=1S/C19H21Cl2N3O3S/c1-4-12(2)13(3)22-23-19(25)14-6-5-7-16(10-14)28(26,27)24-18-11-15(20)8-9-17(18)21/h5-12,22,24H,3-4H2,1-2H3,(H,23,25)/t12-/m0/s1. The smallest absolute Gasteiger partial charge is 0.269 e. The fourth-order valence-corrected chi connectivity index (χ4v) is 3.67. The van der Waals surface area contributed by atoms with Gasteiger partial charge < -0.3 is 5.43 Å². The summed E-state index contributed by atoms with van der Waals surface area (Å²) < 4.78 is 27.7. The molecule has 2 aromatic rings. The summed E-state index contributed by atoms with van der Waals surface area (Å²) in [6.45, 7) is 7.84. The van der Waals surface area contributed by atoms with Gasteiger partial charge in [-0.25, -0.2) is 8.42 Å². The summed E-state index contributed by atoms with van der Waals surface area (Å²) in [5, 5.41) is 0.539. The number of halogens is 2. The van der Waals surface area contributed by atoms with Gasteiger partial charge in [0.05, 0.1) is 15.6 Å². The van der Waals surface area contributed by atoms with Gasteiger partial charge in [0.1, 0.15) is 0 Å². The number of rotatable bonds is 8. The van der Waals surface area contributed by atoms with Crippen molar-refractivity contribution in [2.24, 2.45) is 5.92 Å². The molecule has 3 N–H and O–H groups in total. The summed E-state index contributed by atoms with van der Waals surface area (Å²) in [6, 6.07) is 10.1. The van der Waals surface area contributed by atoms with Crippen molar-refractivity contribution in [3.63, 3.8) is 0 Å². The van der Waals surface area contributed by atoms with E-state index in [9.17, 15) is 13.2 Å². The Morgan fingerprint density at radius 2 is 1.86 bits per heavy atom. The molecule has 2 aromatic carbocycles. The maximum Gasteiger partial charge on any atom is 0.269 e. The lowest BCUT2D eigenvalue weighted by molar-refractivity contribution is 0.0937. The van der Waals surface area contributed by atoms with Crippen LogP contribution in [0.25, 0.3) is 0 Å². The minimum absolute atomic E-state index is 0.0862. The van der Waals surface area contributed by atoms with E-state index in [0.29, 0.717) is 10.7 Å². The number of benzene rings is 2. The number of carbonyl (C=O) groups is 1. The Labute approximate surface area is 175 Å². The molecule has 0 radical (unpaired) electrons. The van der Waals surface area contributed by atoms with Crippen molar-refractivity contribution in [3.05, 3.63) is 70.3 Å². The van der Waals surface area contributed by atoms with Gasteiger partial charge in [-0.05, 0) is 48.7 Å². The first-order chi connectivity index (χ1) is 13.1. The second-order valence-corrected chi connectivity index (χ2v) is 8.70. The van der Waals surface area contributed by atoms with Crippen LogP contribution in [0.2, 0.25) is 10.0 Å². The lowest BCUT2D eigenvalue weighted by Gasteiger charge is -2.16. The second kappa shape index (κ2) is 9.32. The molecule has 28 heavy (non-hydrogen) atoms. The molecule has 150 valence electrons. The molecule has 0 saturated heterocycles. The highest BCUT2D eigenvalue weighted by Crippen LogP contribution is 2.28. The zero-order chi connectivity index (χ0) is 20.9. The van der Waals surface area contributed by atoms with Crippen LogP contribution in [-0.4, -0.2) is 14.3 Å². The van der Waals surface area contributed by atoms with Crippen LogP contribution in [-0.2, 0) is 10.0 Å². The SMILES string of the molecule is C=C(NNC(=O)c1cccc(S(=O)(=O)Nc2cc(Cl)ccc2Cl)c1)[C@@H](C)CC. The van der Waals surface area contributed by atoms with Crippen LogP contribution in [0, 0.1) is 5.92 Å². The monoisotopic (exact) mass is 441 g/mol. The van der Waals surface area contributed by atoms with E-state index in [4.69, 9.17) is 23.2 Å². The van der Waals surface area contributed by atoms with Crippen molar-refractivity contribution in [1.29, 1.82) is 0 Å². The third kappa shape index (κ3) is 5.64. The molecule has 0 heterocycles. The van der Waals surface area contributed by atoms with Gasteiger partial charge in [-0.1, -0.05) is 49.7 Å². The fourth-order valence-electron chi connectivity index (χ4n) is 2.16. The fraction of sp³-hybridized carbons (Fsp3) is 0.211. The van der Waals surface area contributed by atoms with E-state index in [2.05, 4.69) is 22.2 Å². The lowest BCUT2D eigenvalue weighted by Crippen LogP contribution is -2.38. The lowest BCUT2D eigenvalue weighted by atomic mass is 10.1. The molecule has 2 rings (SSSR count). The quantitative estimate of drug-likeness (QED) is 0.522. The molecule has 0 saturated carbocycles. The molecule has 0 aliphatic rings.